The first-order chi connectivity index (χ1) is 12.9. The second-order valence-electron chi connectivity index (χ2n) is 6.28. The minimum Gasteiger partial charge on any atom is -0.378 e. The average Bonchev–Trinajstić information content (AvgIpc) is 2.74. The van der Waals surface area contributed by atoms with E-state index in [9.17, 15) is 0 Å². The minimum atomic E-state index is 0.765. The lowest BCUT2D eigenvalue weighted by Crippen LogP contribution is -2.36. The van der Waals surface area contributed by atoms with E-state index in [1.54, 1.807) is 0 Å². The molecule has 2 heteroatoms. The molecule has 1 aliphatic heterocycles. The van der Waals surface area contributed by atoms with E-state index in [4.69, 9.17) is 4.74 Å². The monoisotopic (exact) mass is 339 g/mol. The maximum atomic E-state index is 5.53. The molecular formula is C24H21NO. The van der Waals surface area contributed by atoms with Gasteiger partial charge in [0.1, 0.15) is 0 Å². The molecule has 0 N–H and O–H groups in total. The second-order valence-corrected chi connectivity index (χ2v) is 6.28. The average molecular weight is 339 g/mol. The van der Waals surface area contributed by atoms with Crippen molar-refractivity contribution in [3.8, 4) is 23.0 Å². The van der Waals surface area contributed by atoms with Gasteiger partial charge in [-0.25, -0.2) is 0 Å². The molecule has 3 aromatic carbocycles. The first kappa shape index (κ1) is 16.4. The van der Waals surface area contributed by atoms with Crippen molar-refractivity contribution in [3.63, 3.8) is 0 Å². The number of morpholine rings is 1. The highest BCUT2D eigenvalue weighted by atomic mass is 16.5. The van der Waals surface area contributed by atoms with E-state index in [1.165, 1.54) is 16.8 Å². The highest BCUT2D eigenvalue weighted by molar-refractivity contribution is 5.79. The molecule has 0 radical (unpaired) electrons. The molecule has 0 spiro atoms. The van der Waals surface area contributed by atoms with Crippen LogP contribution in [0.4, 0.5) is 5.69 Å². The normalized spacial score (nSPS) is 13.8. The Bertz CT molecular complexity index is 917. The topological polar surface area (TPSA) is 12.5 Å². The predicted molar refractivity (Wildman–Crippen MR) is 107 cm³/mol. The summed E-state index contributed by atoms with van der Waals surface area (Å²) in [7, 11) is 0. The van der Waals surface area contributed by atoms with E-state index in [1.807, 2.05) is 36.4 Å². The first-order valence-electron chi connectivity index (χ1n) is 9.00. The van der Waals surface area contributed by atoms with Crippen molar-refractivity contribution < 1.29 is 4.74 Å². The maximum Gasteiger partial charge on any atom is 0.0642 e. The van der Waals surface area contributed by atoms with E-state index in [-0.39, 0.29) is 0 Å². The number of hydrogen-bond acceptors (Lipinski definition) is 2. The van der Waals surface area contributed by atoms with Crippen LogP contribution in [0.3, 0.4) is 0 Å². The Balaban J connectivity index is 1.83. The molecule has 0 saturated carbocycles. The number of rotatable bonds is 2. The van der Waals surface area contributed by atoms with Crippen molar-refractivity contribution in [1.29, 1.82) is 0 Å². The summed E-state index contributed by atoms with van der Waals surface area (Å²) in [5, 5.41) is 0. The summed E-state index contributed by atoms with van der Waals surface area (Å²) in [6.07, 6.45) is 0. The lowest BCUT2D eigenvalue weighted by molar-refractivity contribution is 0.122. The van der Waals surface area contributed by atoms with Crippen LogP contribution in [0.15, 0.2) is 78.9 Å². The van der Waals surface area contributed by atoms with Crippen molar-refractivity contribution in [2.45, 2.75) is 0 Å². The van der Waals surface area contributed by atoms with Crippen molar-refractivity contribution in [2.24, 2.45) is 0 Å². The van der Waals surface area contributed by atoms with Gasteiger partial charge in [-0.15, -0.1) is 0 Å². The molecule has 1 fully saturated rings. The summed E-state index contributed by atoms with van der Waals surface area (Å²) in [6.45, 7) is 3.33. The molecule has 0 atom stereocenters. The van der Waals surface area contributed by atoms with Crippen LogP contribution in [0, 0.1) is 11.8 Å². The summed E-state index contributed by atoms with van der Waals surface area (Å²) < 4.78 is 5.53. The third-order valence-corrected chi connectivity index (χ3v) is 4.58. The molecule has 0 bridgehead atoms. The Hall–Kier alpha value is -3.02. The zero-order valence-electron chi connectivity index (χ0n) is 14.7. The molecule has 128 valence electrons. The molecule has 1 heterocycles. The van der Waals surface area contributed by atoms with Gasteiger partial charge in [-0.2, -0.15) is 0 Å². The number of hydrogen-bond donors (Lipinski definition) is 0. The molecule has 0 amide bonds. The number of benzene rings is 3. The van der Waals surface area contributed by atoms with Gasteiger partial charge in [-0.3, -0.25) is 0 Å². The van der Waals surface area contributed by atoms with E-state index in [2.05, 4.69) is 59.2 Å². The zero-order chi connectivity index (χ0) is 17.6. The van der Waals surface area contributed by atoms with Crippen molar-refractivity contribution >= 4 is 5.69 Å². The van der Waals surface area contributed by atoms with Crippen LogP contribution in [0.5, 0.6) is 0 Å². The maximum absolute atomic E-state index is 5.53. The molecule has 1 aliphatic rings. The molecular weight excluding hydrogens is 318 g/mol. The first-order valence-corrected chi connectivity index (χ1v) is 9.00. The van der Waals surface area contributed by atoms with Crippen LogP contribution in [-0.2, 0) is 4.74 Å². The quantitative estimate of drug-likeness (QED) is 0.633. The number of nitrogens with zero attached hydrogens (tertiary/aromatic N) is 1. The molecule has 2 nitrogen and oxygen atoms in total. The molecule has 0 aromatic heterocycles. The summed E-state index contributed by atoms with van der Waals surface area (Å²) in [6, 6.07) is 27.1. The highest BCUT2D eigenvalue weighted by Crippen LogP contribution is 2.31. The third kappa shape index (κ3) is 3.64. The van der Waals surface area contributed by atoms with Crippen molar-refractivity contribution in [2.75, 3.05) is 31.2 Å². The lowest BCUT2D eigenvalue weighted by Gasteiger charge is -2.30. The fourth-order valence-electron chi connectivity index (χ4n) is 3.25. The summed E-state index contributed by atoms with van der Waals surface area (Å²) in [5.41, 5.74) is 5.68. The standard InChI is InChI=1S/C24H21NO/c1-3-8-20(9-4-1)14-15-23-22(21-10-5-2-6-11-21)12-7-13-24(23)25-16-18-26-19-17-25/h1-13H,16-19H2. The van der Waals surface area contributed by atoms with Gasteiger partial charge < -0.3 is 9.64 Å². The van der Waals surface area contributed by atoms with Gasteiger partial charge in [0.2, 0.25) is 0 Å². The van der Waals surface area contributed by atoms with Gasteiger partial charge in [0.05, 0.1) is 24.5 Å². The van der Waals surface area contributed by atoms with Gasteiger partial charge in [-0.1, -0.05) is 72.5 Å². The molecule has 4 rings (SSSR count). The van der Waals surface area contributed by atoms with Gasteiger partial charge in [0.25, 0.3) is 0 Å². The van der Waals surface area contributed by atoms with Crippen LogP contribution >= 0.6 is 0 Å². The molecule has 0 aliphatic carbocycles. The fraction of sp³-hybridized carbons (Fsp3) is 0.167. The lowest BCUT2D eigenvalue weighted by atomic mass is 9.97. The van der Waals surface area contributed by atoms with Gasteiger partial charge in [0, 0.05) is 18.7 Å². The fourth-order valence-corrected chi connectivity index (χ4v) is 3.25. The van der Waals surface area contributed by atoms with Gasteiger partial charge >= 0.3 is 0 Å². The third-order valence-electron chi connectivity index (χ3n) is 4.58. The SMILES string of the molecule is C(#Cc1c(-c2ccccc2)cccc1N1CCOCC1)c1ccccc1. The van der Waals surface area contributed by atoms with Crippen molar-refractivity contribution in [3.05, 3.63) is 90.0 Å². The second kappa shape index (κ2) is 7.91. The Morgan fingerprint density at radius 1 is 0.692 bits per heavy atom. The predicted octanol–water partition coefficient (Wildman–Crippen LogP) is 4.59. The van der Waals surface area contributed by atoms with E-state index < -0.39 is 0 Å². The molecule has 1 saturated heterocycles. The zero-order valence-corrected chi connectivity index (χ0v) is 14.7. The number of ether oxygens (including phenoxy) is 1. The number of anilines is 1. The summed E-state index contributed by atoms with van der Waals surface area (Å²) >= 11 is 0. The van der Waals surface area contributed by atoms with Crippen LogP contribution < -0.4 is 4.90 Å². The van der Waals surface area contributed by atoms with E-state index in [0.29, 0.717) is 0 Å². The smallest absolute Gasteiger partial charge is 0.0642 e. The largest absolute Gasteiger partial charge is 0.378 e. The van der Waals surface area contributed by atoms with E-state index >= 15 is 0 Å². The molecule has 3 aromatic rings. The molecule has 0 unspecified atom stereocenters. The van der Waals surface area contributed by atoms with Crippen LogP contribution in [0.2, 0.25) is 0 Å². The van der Waals surface area contributed by atoms with Crippen LogP contribution in [-0.4, -0.2) is 26.3 Å². The van der Waals surface area contributed by atoms with E-state index in [0.717, 1.165) is 37.4 Å². The highest BCUT2D eigenvalue weighted by Gasteiger charge is 2.16. The Morgan fingerprint density at radius 2 is 1.38 bits per heavy atom. The minimum absolute atomic E-state index is 0.765. The van der Waals surface area contributed by atoms with Gasteiger partial charge in [0.15, 0.2) is 0 Å². The van der Waals surface area contributed by atoms with Crippen LogP contribution in [0.1, 0.15) is 11.1 Å². The van der Waals surface area contributed by atoms with Crippen molar-refractivity contribution in [1.82, 2.24) is 0 Å². The van der Waals surface area contributed by atoms with Crippen LogP contribution in [0.25, 0.3) is 11.1 Å². The Labute approximate surface area is 155 Å². The summed E-state index contributed by atoms with van der Waals surface area (Å²) in [4.78, 5) is 2.38. The summed E-state index contributed by atoms with van der Waals surface area (Å²) in [5.74, 6) is 6.80. The Kier molecular flexibility index (Phi) is 5.00. The van der Waals surface area contributed by atoms with Gasteiger partial charge in [-0.05, 0) is 29.3 Å². The Morgan fingerprint density at radius 3 is 2.12 bits per heavy atom. The molecule has 26 heavy (non-hydrogen) atoms.